The molecule has 0 radical (unpaired) electrons. The smallest absolute Gasteiger partial charge is 0.323 e. The Morgan fingerprint density at radius 1 is 0.971 bits per heavy atom. The zero-order chi connectivity index (χ0) is 25.0. The van der Waals surface area contributed by atoms with E-state index in [-0.39, 0.29) is 11.4 Å². The van der Waals surface area contributed by atoms with Gasteiger partial charge in [0.1, 0.15) is 11.1 Å². The number of halogens is 2. The van der Waals surface area contributed by atoms with Gasteiger partial charge in [0.15, 0.2) is 0 Å². The molecule has 0 spiro atoms. The number of rotatable bonds is 8. The molecule has 182 valence electrons. The van der Waals surface area contributed by atoms with E-state index in [4.69, 9.17) is 27.9 Å². The van der Waals surface area contributed by atoms with Crippen molar-refractivity contribution in [3.63, 3.8) is 0 Å². The monoisotopic (exact) mass is 514 g/mol. The first-order chi connectivity index (χ1) is 16.8. The van der Waals surface area contributed by atoms with Crippen LogP contribution in [-0.4, -0.2) is 35.8 Å². The van der Waals surface area contributed by atoms with E-state index in [2.05, 4.69) is 5.32 Å². The lowest BCUT2D eigenvalue weighted by Gasteiger charge is -2.32. The van der Waals surface area contributed by atoms with Crippen molar-refractivity contribution in [2.75, 3.05) is 25.1 Å². The molecule has 0 amide bonds. The third-order valence-corrected chi connectivity index (χ3v) is 6.93. The lowest BCUT2D eigenvalue weighted by molar-refractivity contribution is -0.384. The Morgan fingerprint density at radius 3 is 1.97 bits per heavy atom. The van der Waals surface area contributed by atoms with Crippen LogP contribution in [0.2, 0.25) is 10.0 Å². The fraction of sp³-hybridized carbons (Fsp3) is 0.269. The number of nitro benzene ring substituents is 1. The number of hydrogen-bond acceptors (Lipinski definition) is 5. The molecule has 7 nitrogen and oxygen atoms in total. The number of carboxylic acid groups (broad SMARTS) is 1. The molecule has 1 aliphatic heterocycles. The summed E-state index contributed by atoms with van der Waals surface area (Å²) in [5, 5.41) is 26.6. The summed E-state index contributed by atoms with van der Waals surface area (Å²) in [4.78, 5) is 24.4. The van der Waals surface area contributed by atoms with Crippen LogP contribution >= 0.6 is 23.2 Å². The Balaban J connectivity index is 1.87. The molecule has 0 saturated carbocycles. The van der Waals surface area contributed by atoms with Crippen LogP contribution in [-0.2, 0) is 14.9 Å². The second kappa shape index (κ2) is 10.6. The lowest BCUT2D eigenvalue weighted by atomic mass is 9.69. The van der Waals surface area contributed by atoms with Gasteiger partial charge in [0.2, 0.25) is 0 Å². The van der Waals surface area contributed by atoms with Gasteiger partial charge in [-0.05, 0) is 65.8 Å². The van der Waals surface area contributed by atoms with Gasteiger partial charge >= 0.3 is 5.97 Å². The Hall–Kier alpha value is -3.13. The number of carbonyl (C=O) groups is 1. The molecule has 0 aromatic heterocycles. The van der Waals surface area contributed by atoms with Crippen LogP contribution in [0.4, 0.5) is 11.4 Å². The predicted octanol–water partition coefficient (Wildman–Crippen LogP) is 6.16. The molecule has 3 aromatic rings. The van der Waals surface area contributed by atoms with Crippen LogP contribution in [0.1, 0.15) is 29.5 Å². The molecule has 0 atom stereocenters. The van der Waals surface area contributed by atoms with Gasteiger partial charge in [-0.3, -0.25) is 14.9 Å². The number of anilines is 1. The van der Waals surface area contributed by atoms with Crippen molar-refractivity contribution < 1.29 is 19.6 Å². The number of nitro groups is 1. The molecule has 3 aromatic carbocycles. The zero-order valence-corrected chi connectivity index (χ0v) is 20.3. The molecule has 0 unspecified atom stereocenters. The number of nitrogens with one attached hydrogen (secondary N) is 1. The van der Waals surface area contributed by atoms with Crippen LogP contribution in [0.5, 0.6) is 0 Å². The highest BCUT2D eigenvalue weighted by molar-refractivity contribution is 6.30. The standard InChI is InChI=1S/C26H24Cl2N2O5/c27-21-6-1-18(2-7-21)26(25(31)32,19-3-8-22(28)9-4-19)20-5-10-24(30(33)34)23(15-20)29-16-17-11-13-35-14-12-17/h1-10,15,17,29H,11-14,16H2,(H,31,32). The van der Waals surface area contributed by atoms with Crippen molar-refractivity contribution in [1.29, 1.82) is 0 Å². The molecule has 1 fully saturated rings. The SMILES string of the molecule is O=C(O)C(c1ccc(Cl)cc1)(c1ccc(Cl)cc1)c1ccc([N+](=O)[O-])c(NCC2CCOCC2)c1. The molecule has 1 aliphatic rings. The van der Waals surface area contributed by atoms with Gasteiger partial charge in [-0.25, -0.2) is 0 Å². The normalized spacial score (nSPS) is 14.5. The Kier molecular flexibility index (Phi) is 7.60. The molecule has 2 N–H and O–H groups in total. The minimum Gasteiger partial charge on any atom is -0.480 e. The highest BCUT2D eigenvalue weighted by Crippen LogP contribution is 2.43. The van der Waals surface area contributed by atoms with Crippen molar-refractivity contribution in [2.45, 2.75) is 18.3 Å². The van der Waals surface area contributed by atoms with E-state index in [1.807, 2.05) is 0 Å². The van der Waals surface area contributed by atoms with Gasteiger partial charge in [0.05, 0.1) is 4.92 Å². The van der Waals surface area contributed by atoms with Crippen molar-refractivity contribution in [1.82, 2.24) is 0 Å². The maximum atomic E-state index is 13.1. The van der Waals surface area contributed by atoms with Crippen molar-refractivity contribution in [3.05, 3.63) is 104 Å². The second-order valence-electron chi connectivity index (χ2n) is 8.49. The van der Waals surface area contributed by atoms with E-state index >= 15 is 0 Å². The van der Waals surface area contributed by atoms with Crippen molar-refractivity contribution in [3.8, 4) is 0 Å². The summed E-state index contributed by atoms with van der Waals surface area (Å²) in [6.45, 7) is 1.84. The zero-order valence-electron chi connectivity index (χ0n) is 18.7. The highest BCUT2D eigenvalue weighted by Gasteiger charge is 2.45. The van der Waals surface area contributed by atoms with Crippen LogP contribution in [0.25, 0.3) is 0 Å². The van der Waals surface area contributed by atoms with Crippen molar-refractivity contribution in [2.24, 2.45) is 5.92 Å². The Labute approximate surface area is 212 Å². The summed E-state index contributed by atoms with van der Waals surface area (Å²) in [7, 11) is 0. The van der Waals surface area contributed by atoms with E-state index in [0.717, 1.165) is 12.8 Å². The van der Waals surface area contributed by atoms with Gasteiger partial charge in [-0.1, -0.05) is 53.5 Å². The quantitative estimate of drug-likeness (QED) is 0.212. The fourth-order valence-corrected chi connectivity index (χ4v) is 4.80. The first-order valence-electron chi connectivity index (χ1n) is 11.2. The van der Waals surface area contributed by atoms with E-state index in [1.165, 1.54) is 12.1 Å². The Bertz CT molecular complexity index is 1160. The largest absolute Gasteiger partial charge is 0.480 e. The maximum absolute atomic E-state index is 13.1. The van der Waals surface area contributed by atoms with E-state index in [0.29, 0.717) is 52.4 Å². The summed E-state index contributed by atoms with van der Waals surface area (Å²) in [5.74, 6) is -0.824. The molecule has 1 saturated heterocycles. The molecule has 0 aliphatic carbocycles. The Morgan fingerprint density at radius 2 is 1.49 bits per heavy atom. The van der Waals surface area contributed by atoms with Crippen molar-refractivity contribution >= 4 is 40.5 Å². The summed E-state index contributed by atoms with van der Waals surface area (Å²) < 4.78 is 5.40. The third-order valence-electron chi connectivity index (χ3n) is 6.42. The molecule has 0 bridgehead atoms. The maximum Gasteiger partial charge on any atom is 0.323 e. The lowest BCUT2D eigenvalue weighted by Crippen LogP contribution is -2.38. The molecule has 9 heteroatoms. The number of carboxylic acids is 1. The number of ether oxygens (including phenoxy) is 1. The first kappa shape index (κ1) is 25.0. The summed E-state index contributed by atoms with van der Waals surface area (Å²) in [6.07, 6.45) is 1.71. The van der Waals surface area contributed by atoms with Crippen LogP contribution in [0.15, 0.2) is 66.7 Å². The van der Waals surface area contributed by atoms with Gasteiger partial charge < -0.3 is 15.2 Å². The van der Waals surface area contributed by atoms with Crippen LogP contribution in [0, 0.1) is 16.0 Å². The highest BCUT2D eigenvalue weighted by atomic mass is 35.5. The van der Waals surface area contributed by atoms with Gasteiger partial charge in [-0.15, -0.1) is 0 Å². The minimum absolute atomic E-state index is 0.118. The van der Waals surface area contributed by atoms with Crippen LogP contribution < -0.4 is 5.32 Å². The summed E-state index contributed by atoms with van der Waals surface area (Å²) in [5.41, 5.74) is -0.212. The average molecular weight is 515 g/mol. The summed E-state index contributed by atoms with van der Waals surface area (Å²) in [6, 6.07) is 17.5. The fourth-order valence-electron chi connectivity index (χ4n) is 4.55. The minimum atomic E-state index is -1.65. The van der Waals surface area contributed by atoms with Gasteiger partial charge in [0, 0.05) is 35.9 Å². The van der Waals surface area contributed by atoms with Gasteiger partial charge in [-0.2, -0.15) is 0 Å². The molecular weight excluding hydrogens is 491 g/mol. The number of nitrogens with zero attached hydrogens (tertiary/aromatic N) is 1. The van der Waals surface area contributed by atoms with E-state index < -0.39 is 16.3 Å². The summed E-state index contributed by atoms with van der Waals surface area (Å²) >= 11 is 12.2. The molecule has 4 rings (SSSR count). The van der Waals surface area contributed by atoms with Crippen LogP contribution in [0.3, 0.4) is 0 Å². The number of benzene rings is 3. The predicted molar refractivity (Wildman–Crippen MR) is 136 cm³/mol. The first-order valence-corrected chi connectivity index (χ1v) is 11.9. The second-order valence-corrected chi connectivity index (χ2v) is 9.37. The molecule has 35 heavy (non-hydrogen) atoms. The average Bonchev–Trinajstić information content (AvgIpc) is 2.85. The number of aliphatic carboxylic acids is 1. The van der Waals surface area contributed by atoms with E-state index in [1.54, 1.807) is 54.6 Å². The van der Waals surface area contributed by atoms with E-state index in [9.17, 15) is 20.0 Å². The van der Waals surface area contributed by atoms with Gasteiger partial charge in [0.25, 0.3) is 5.69 Å². The topological polar surface area (TPSA) is 102 Å². The number of hydrogen-bond donors (Lipinski definition) is 2. The molecule has 1 heterocycles. The third kappa shape index (κ3) is 5.12. The molecular formula is C26H24Cl2N2O5.